The highest BCUT2D eigenvalue weighted by molar-refractivity contribution is 6.60. The number of hydrogen-bond donors (Lipinski definition) is 4. The molecule has 9 atom stereocenters. The van der Waals surface area contributed by atoms with Gasteiger partial charge in [0.05, 0.1) is 72.3 Å². The molecule has 3 aliphatic carbocycles. The van der Waals surface area contributed by atoms with Crippen LogP contribution in [0.1, 0.15) is 266 Å². The number of fused-ring (bicyclic) bond motifs is 8. The molecule has 3 aromatic carbocycles. The number of rotatable bonds is 15. The number of esters is 3. The number of carbonyl (C=O) groups is 5. The molecule has 3 saturated carbocycles. The Balaban J connectivity index is 0.000000142. The molecule has 15 rings (SSSR count). The van der Waals surface area contributed by atoms with Crippen molar-refractivity contribution >= 4 is 68.8 Å². The molecule has 0 radical (unpaired) electrons. The number of ketones is 1. The molecule has 580 valence electrons. The van der Waals surface area contributed by atoms with Crippen LogP contribution in [0.5, 0.6) is 5.88 Å². The number of para-hydroxylation sites is 6. The van der Waals surface area contributed by atoms with E-state index >= 15 is 0 Å². The first-order chi connectivity index (χ1) is 52.1. The van der Waals surface area contributed by atoms with Crippen LogP contribution in [0, 0.1) is 0 Å². The monoisotopic (exact) mass is 1470 g/mol. The average molecular weight is 1470 g/mol. The smallest absolute Gasteiger partial charge is 0.386 e. The molecule has 0 amide bonds. The minimum atomic E-state index is -1.27. The van der Waals surface area contributed by atoms with Crippen LogP contribution in [0.4, 0.5) is 17.1 Å². The van der Waals surface area contributed by atoms with Crippen LogP contribution < -0.4 is 32.6 Å². The van der Waals surface area contributed by atoms with E-state index in [2.05, 4.69) is 56.6 Å². The molecule has 23 heteroatoms. The Morgan fingerprint density at radius 1 is 0.449 bits per heavy atom. The van der Waals surface area contributed by atoms with E-state index in [1.807, 2.05) is 59.2 Å². The lowest BCUT2D eigenvalue weighted by Crippen LogP contribution is -2.51. The van der Waals surface area contributed by atoms with Crippen molar-refractivity contribution in [3.05, 3.63) is 123 Å². The fraction of sp³-hybridized carbons (Fsp3) is 0.619. The van der Waals surface area contributed by atoms with Crippen LogP contribution in [-0.2, 0) is 28.6 Å². The van der Waals surface area contributed by atoms with Gasteiger partial charge in [-0.15, -0.1) is 0 Å². The lowest BCUT2D eigenvalue weighted by Gasteiger charge is -2.45. The van der Waals surface area contributed by atoms with Gasteiger partial charge in [-0.1, -0.05) is 133 Å². The number of carboxylic acid groups (broad SMARTS) is 1. The first-order valence-corrected chi connectivity index (χ1v) is 40.6. The summed E-state index contributed by atoms with van der Waals surface area (Å²) in [5.41, 5.74) is 15.8. The van der Waals surface area contributed by atoms with E-state index in [0.29, 0.717) is 64.9 Å². The summed E-state index contributed by atoms with van der Waals surface area (Å²) in [4.78, 5) is 104. The largest absolute Gasteiger partial charge is 0.481 e. The number of methoxy groups -OCH3 is 1. The third-order valence-electron chi connectivity index (χ3n) is 24.0. The van der Waals surface area contributed by atoms with Gasteiger partial charge in [-0.05, 0) is 179 Å². The van der Waals surface area contributed by atoms with Crippen molar-refractivity contribution in [3.8, 4) is 5.88 Å². The Morgan fingerprint density at radius 2 is 0.822 bits per heavy atom. The van der Waals surface area contributed by atoms with Crippen molar-refractivity contribution in [2.45, 2.75) is 305 Å². The number of pyridine rings is 1. The molecule has 23 nitrogen and oxygen atoms in total. The molecule has 3 aromatic heterocycles. The molecule has 6 bridgehead atoms. The van der Waals surface area contributed by atoms with Gasteiger partial charge < -0.3 is 50.0 Å². The molecule has 6 aliphatic heterocycles. The predicted molar refractivity (Wildman–Crippen MR) is 417 cm³/mol. The van der Waals surface area contributed by atoms with Crippen molar-refractivity contribution in [2.24, 2.45) is 0 Å². The van der Waals surface area contributed by atoms with Crippen LogP contribution in [0.15, 0.2) is 101 Å². The number of hydrogen-bond acceptors (Lipinski definition) is 20. The first-order valence-electron chi connectivity index (χ1n) is 40.6. The Kier molecular flexibility index (Phi) is 29.2. The number of nitrogen functional groups attached to an aromatic ring is 2. The van der Waals surface area contributed by atoms with Crippen molar-refractivity contribution in [1.29, 1.82) is 0 Å². The van der Waals surface area contributed by atoms with Gasteiger partial charge in [0.15, 0.2) is 0 Å². The molecule has 0 spiro atoms. The maximum Gasteiger partial charge on any atom is 0.386 e. The number of carboxylic acids is 1. The van der Waals surface area contributed by atoms with Crippen LogP contribution in [0.25, 0.3) is 22.1 Å². The molecule has 9 fully saturated rings. The zero-order valence-corrected chi connectivity index (χ0v) is 63.7. The minimum Gasteiger partial charge on any atom is -0.481 e. The summed E-state index contributed by atoms with van der Waals surface area (Å²) in [5.74, 6) is -4.88. The van der Waals surface area contributed by atoms with Crippen molar-refractivity contribution < 1.29 is 48.0 Å². The number of aromatic nitrogens is 5. The molecule has 6 aromatic rings. The predicted octanol–water partition coefficient (Wildman–Crippen LogP) is 14.4. The van der Waals surface area contributed by atoms with E-state index in [4.69, 9.17) is 20.9 Å². The molecule has 6 saturated heterocycles. The van der Waals surface area contributed by atoms with Gasteiger partial charge in [0.25, 0.3) is 11.1 Å². The van der Waals surface area contributed by atoms with Gasteiger partial charge in [0.1, 0.15) is 0 Å². The number of carbonyl (C=O) groups excluding carboxylic acids is 4. The number of anilines is 3. The number of aromatic carboxylic acids is 1. The highest BCUT2D eigenvalue weighted by atomic mass is 16.6. The lowest BCUT2D eigenvalue weighted by molar-refractivity contribution is -0.164. The van der Waals surface area contributed by atoms with Gasteiger partial charge in [-0.3, -0.25) is 29.1 Å². The summed E-state index contributed by atoms with van der Waals surface area (Å²) < 4.78 is 22.1. The maximum atomic E-state index is 13.5. The van der Waals surface area contributed by atoms with Gasteiger partial charge >= 0.3 is 29.7 Å². The highest BCUT2D eigenvalue weighted by Gasteiger charge is 2.48. The fourth-order valence-corrected chi connectivity index (χ4v) is 19.5. The number of nitrogens with one attached hydrogen (secondary N) is 1. The number of benzene rings is 3. The van der Waals surface area contributed by atoms with Crippen LogP contribution >= 0.6 is 0 Å². The maximum absolute atomic E-state index is 13.5. The summed E-state index contributed by atoms with van der Waals surface area (Å²) >= 11 is 0. The zero-order valence-electron chi connectivity index (χ0n) is 63.7. The first kappa shape index (κ1) is 79.8. The van der Waals surface area contributed by atoms with E-state index in [1.54, 1.807) is 43.0 Å². The van der Waals surface area contributed by atoms with Crippen LogP contribution in [-0.4, -0.2) is 161 Å². The second-order valence-corrected chi connectivity index (χ2v) is 30.8. The third-order valence-corrected chi connectivity index (χ3v) is 24.0. The topological polar surface area (TPSA) is 299 Å². The SMILES string of the molecule is CCOC(=O)C(=O)C(=O)OCC.CCOC(=O)c1nc2ccccc2n(C2C[C@H]3CC[C@@H](C2)N3C2CCCCCCC2)c1=O.COc1ccc(N)cn1.Nc1ccccc1NC1C[C@H]2CC[C@@H](C1)N2C1CCCCCCC1.O=C(O)c1nc2ccccc2n(C2C[C@H]3CC[C@@H](C2)N3C2CCCCCCC2)c1=O. The average Bonchev–Trinajstić information content (AvgIpc) is 1.61. The molecular formula is C84H117N11O12. The Labute approximate surface area is 630 Å². The second-order valence-electron chi connectivity index (χ2n) is 30.8. The quantitative estimate of drug-likeness (QED) is 0.0244. The van der Waals surface area contributed by atoms with E-state index in [9.17, 15) is 38.7 Å². The number of nitrogens with zero attached hydrogens (tertiary/aromatic N) is 8. The molecule has 9 aliphatic rings. The lowest BCUT2D eigenvalue weighted by atomic mass is 9.89. The molecule has 6 N–H and O–H groups in total. The summed E-state index contributed by atoms with van der Waals surface area (Å²) in [6.45, 7) is 5.18. The van der Waals surface area contributed by atoms with Gasteiger partial charge in [0, 0.05) is 78.6 Å². The summed E-state index contributed by atoms with van der Waals surface area (Å²) in [6.07, 6.45) is 44.6. The number of nitrogens with two attached hydrogens (primary N) is 2. The molecule has 3 unspecified atom stereocenters. The van der Waals surface area contributed by atoms with Crippen molar-refractivity contribution in [1.82, 2.24) is 38.8 Å². The Hall–Kier alpha value is -8.28. The normalized spacial score (nSPS) is 25.1. The Morgan fingerprint density at radius 3 is 1.21 bits per heavy atom. The standard InChI is InChI=1S/C26H35N3O3.C24H31N3O3.C21H33N3.C7H10O5.C6H8N2O/c1-2-32-26(31)24-25(30)29(23-13-9-8-12-22(23)27-24)21-16-19-14-15-20(17-21)28(19)18-10-6-4-3-5-7-11-18;28-23-22(24(29)30)25-20-10-6-7-11-21(20)27(23)19-14-17-12-13-18(15-19)26(17)16-8-4-2-1-3-5-9-16;22-20-10-6-7-11-21(20)23-16-14-18-12-13-19(15-16)24(18)17-8-4-2-1-3-5-9-17;1-3-11-6(9)5(8)7(10)12-4-2;1-9-6-3-2-5(7)4-8-6/h8-9,12-13,18-21H,2-7,10-11,14-17H2,1H3;6-7,10-11,16-19H,1-5,8-9,12-15H2,(H,29,30);6-7,10-11,16-19,23H,1-5,8-9,12-15,22H2;3-4H2,1-2H3;2-4H,7H2,1H3/t19-,20+,21?;17-,18+,19?;16?,18-,19+;;. The molecule has 107 heavy (non-hydrogen) atoms. The zero-order chi connectivity index (χ0) is 75.3. The molecule has 9 heterocycles. The van der Waals surface area contributed by atoms with Crippen molar-refractivity contribution in [3.63, 3.8) is 0 Å². The van der Waals surface area contributed by atoms with Crippen LogP contribution in [0.2, 0.25) is 0 Å². The van der Waals surface area contributed by atoms with Gasteiger partial charge in [0.2, 0.25) is 17.3 Å². The third kappa shape index (κ3) is 20.2. The van der Waals surface area contributed by atoms with E-state index in [0.717, 1.165) is 66.2 Å². The fourth-order valence-electron chi connectivity index (χ4n) is 19.5. The second kappa shape index (κ2) is 39.2. The van der Waals surface area contributed by atoms with Gasteiger partial charge in [-0.2, -0.15) is 0 Å². The Bertz CT molecular complexity index is 3970. The number of ether oxygens (including phenoxy) is 4. The number of piperidine rings is 3. The van der Waals surface area contributed by atoms with Crippen LogP contribution in [0.3, 0.4) is 0 Å². The minimum absolute atomic E-state index is 0.0470. The van der Waals surface area contributed by atoms with E-state index < -0.39 is 35.2 Å². The molecular weight excluding hydrogens is 1350 g/mol. The summed E-state index contributed by atoms with van der Waals surface area (Å²) in [5, 5.41) is 13.3. The highest BCUT2D eigenvalue weighted by Crippen LogP contribution is 2.47. The van der Waals surface area contributed by atoms with E-state index in [-0.39, 0.29) is 48.9 Å². The van der Waals surface area contributed by atoms with Crippen molar-refractivity contribution in [2.75, 3.05) is 43.7 Å². The number of Topliss-reactive ketones (excluding diaryl/α,β-unsaturated/α-hetero) is 1. The summed E-state index contributed by atoms with van der Waals surface area (Å²) in [6, 6.07) is 33.5. The van der Waals surface area contributed by atoms with Gasteiger partial charge in [-0.25, -0.2) is 34.1 Å². The summed E-state index contributed by atoms with van der Waals surface area (Å²) in [7, 11) is 1.57. The van der Waals surface area contributed by atoms with E-state index in [1.165, 1.54) is 200 Å².